The Morgan fingerprint density at radius 2 is 0.797 bits per heavy atom. The minimum Gasteiger partial charge on any atom is -0.465 e. The molecule has 8 nitrogen and oxygen atoms in total. The largest absolute Gasteiger partial charge is 0.465 e. The van der Waals surface area contributed by atoms with Gasteiger partial charge in [0.2, 0.25) is 0 Å². The van der Waals surface area contributed by atoms with Crippen LogP contribution in [-0.4, -0.2) is 98.1 Å². The van der Waals surface area contributed by atoms with Crippen molar-refractivity contribution in [2.45, 2.75) is 265 Å². The van der Waals surface area contributed by atoms with Gasteiger partial charge in [0.15, 0.2) is 0 Å². The lowest BCUT2D eigenvalue weighted by molar-refractivity contribution is -0.149. The van der Waals surface area contributed by atoms with Crippen LogP contribution in [0, 0.1) is 17.8 Å². The highest BCUT2D eigenvalue weighted by atomic mass is 16.5. The van der Waals surface area contributed by atoms with Crippen LogP contribution in [0.2, 0.25) is 0 Å². The summed E-state index contributed by atoms with van der Waals surface area (Å²) < 4.78 is 5.77. The van der Waals surface area contributed by atoms with Gasteiger partial charge in [-0.2, -0.15) is 0 Å². The van der Waals surface area contributed by atoms with Gasteiger partial charge in [-0.25, -0.2) is 0 Å². The molecule has 0 saturated carbocycles. The second-order valence-corrected chi connectivity index (χ2v) is 19.6. The fourth-order valence-corrected chi connectivity index (χ4v) is 8.92. The number of aliphatic hydroxyl groups is 2. The van der Waals surface area contributed by atoms with Crippen molar-refractivity contribution in [2.24, 2.45) is 17.8 Å². The predicted octanol–water partition coefficient (Wildman–Crippen LogP) is 14.5. The van der Waals surface area contributed by atoms with Crippen LogP contribution in [0.25, 0.3) is 0 Å². The third-order valence-corrected chi connectivity index (χ3v) is 13.4. The molecule has 0 unspecified atom stereocenters. The van der Waals surface area contributed by atoms with Gasteiger partial charge in [-0.15, -0.1) is 0 Å². The number of piperazine rings is 1. The molecule has 1 fully saturated rings. The van der Waals surface area contributed by atoms with Gasteiger partial charge in [-0.05, 0) is 51.0 Å². The molecule has 382 valence electrons. The van der Waals surface area contributed by atoms with E-state index in [0.29, 0.717) is 31.7 Å². The van der Waals surface area contributed by atoms with Crippen molar-refractivity contribution in [1.82, 2.24) is 9.80 Å². The third-order valence-electron chi connectivity index (χ3n) is 13.4. The number of carbonyl (C=O) groups excluding carboxylic acids is 3. The van der Waals surface area contributed by atoms with Crippen molar-refractivity contribution in [3.05, 3.63) is 0 Å². The van der Waals surface area contributed by atoms with Gasteiger partial charge >= 0.3 is 5.97 Å². The van der Waals surface area contributed by atoms with Crippen molar-refractivity contribution >= 4 is 18.5 Å². The molecule has 2 N–H and O–H groups in total. The Kier molecular flexibility index (Phi) is 54.9. The molecule has 64 heavy (non-hydrogen) atoms. The number of hydrogen-bond acceptors (Lipinski definition) is 8. The maximum absolute atomic E-state index is 12.9. The fraction of sp³-hybridized carbons (Fsp3) is 0.946. The molecule has 0 aromatic carbocycles. The SMILES string of the molecule is CCCCCC(CC=O)CCCCC.CCCCCC(CC=O)CCCCC.CN1CCN(CCCOC(=O)C(CCCCCCCCCCO)CCCCCCCCCCO)CC1. The lowest BCUT2D eigenvalue weighted by Gasteiger charge is -2.32. The molecule has 0 aromatic heterocycles. The quantitative estimate of drug-likeness (QED) is 0.0353. The molecule has 0 spiro atoms. The van der Waals surface area contributed by atoms with Crippen molar-refractivity contribution in [3.8, 4) is 0 Å². The predicted molar refractivity (Wildman–Crippen MR) is 275 cm³/mol. The van der Waals surface area contributed by atoms with Crippen LogP contribution in [-0.2, 0) is 19.1 Å². The number of rotatable bonds is 45. The average molecular weight is 910 g/mol. The Morgan fingerprint density at radius 3 is 1.12 bits per heavy atom. The summed E-state index contributed by atoms with van der Waals surface area (Å²) in [5, 5.41) is 17.7. The molecule has 0 atom stereocenters. The Morgan fingerprint density at radius 1 is 0.469 bits per heavy atom. The van der Waals surface area contributed by atoms with Crippen LogP contribution in [0.1, 0.15) is 265 Å². The number of carbonyl (C=O) groups is 3. The van der Waals surface area contributed by atoms with E-state index in [0.717, 1.165) is 116 Å². The fourth-order valence-electron chi connectivity index (χ4n) is 8.92. The number of nitrogens with zero attached hydrogens (tertiary/aromatic N) is 2. The smallest absolute Gasteiger partial charge is 0.308 e. The molecule has 0 radical (unpaired) electrons. The zero-order valence-corrected chi connectivity index (χ0v) is 43.6. The first-order valence-electron chi connectivity index (χ1n) is 28.0. The summed E-state index contributed by atoms with van der Waals surface area (Å²) in [6, 6.07) is 0. The molecule has 1 aliphatic rings. The lowest BCUT2D eigenvalue weighted by atomic mass is 9.93. The van der Waals surface area contributed by atoms with E-state index in [2.05, 4.69) is 44.5 Å². The number of unbranched alkanes of at least 4 members (excludes halogenated alkanes) is 22. The van der Waals surface area contributed by atoms with E-state index in [9.17, 15) is 14.4 Å². The summed E-state index contributed by atoms with van der Waals surface area (Å²) in [6.45, 7) is 15.6. The first-order valence-corrected chi connectivity index (χ1v) is 28.0. The van der Waals surface area contributed by atoms with Gasteiger partial charge in [-0.1, -0.05) is 220 Å². The van der Waals surface area contributed by atoms with Crippen molar-refractivity contribution in [1.29, 1.82) is 0 Å². The molecule has 1 saturated heterocycles. The monoisotopic (exact) mass is 909 g/mol. The van der Waals surface area contributed by atoms with E-state index in [1.165, 1.54) is 167 Å². The Balaban J connectivity index is 0. The highest BCUT2D eigenvalue weighted by Gasteiger charge is 2.20. The second-order valence-electron chi connectivity index (χ2n) is 19.6. The summed E-state index contributed by atoms with van der Waals surface area (Å²) in [6.07, 6.45) is 46.2. The van der Waals surface area contributed by atoms with Crippen molar-refractivity contribution in [2.75, 3.05) is 59.6 Å². The van der Waals surface area contributed by atoms with E-state index in [1.807, 2.05) is 0 Å². The molecule has 1 rings (SSSR count). The number of aldehydes is 2. The van der Waals surface area contributed by atoms with Crippen LogP contribution in [0.15, 0.2) is 0 Å². The van der Waals surface area contributed by atoms with Crippen molar-refractivity contribution < 1.29 is 29.3 Å². The molecule has 0 bridgehead atoms. The van der Waals surface area contributed by atoms with Gasteiger partial charge in [0, 0.05) is 58.8 Å². The van der Waals surface area contributed by atoms with E-state index < -0.39 is 0 Å². The van der Waals surface area contributed by atoms with Crippen LogP contribution in [0.4, 0.5) is 0 Å². The molecule has 1 heterocycles. The molecule has 1 aliphatic heterocycles. The van der Waals surface area contributed by atoms with Crippen LogP contribution in [0.5, 0.6) is 0 Å². The molecular formula is C56H112N2O6. The standard InChI is InChI=1S/C30H60N2O4.2C13H26O/c1-31-22-24-32(25-23-31)21-18-28-36-30(35)29(19-14-10-6-2-4-8-12-16-26-33)20-15-11-7-3-5-9-13-17-27-34;2*1-3-5-7-9-13(11-12-14)10-8-6-4-2/h29,33-34H,2-28H2,1H3;2*12-13H,3-11H2,1-2H3. The number of esters is 1. The minimum atomic E-state index is 0.0429. The number of aliphatic hydroxyl groups excluding tert-OH is 2. The van der Waals surface area contributed by atoms with Gasteiger partial charge in [0.05, 0.1) is 12.5 Å². The third kappa shape index (κ3) is 47.2. The molecule has 8 heteroatoms. The Labute approximate surface area is 399 Å². The number of hydrogen-bond donors (Lipinski definition) is 2. The zero-order valence-electron chi connectivity index (χ0n) is 43.6. The highest BCUT2D eigenvalue weighted by molar-refractivity contribution is 5.72. The Hall–Kier alpha value is -1.35. The summed E-state index contributed by atoms with van der Waals surface area (Å²) in [5.74, 6) is 1.46. The maximum atomic E-state index is 12.9. The summed E-state index contributed by atoms with van der Waals surface area (Å²) >= 11 is 0. The highest BCUT2D eigenvalue weighted by Crippen LogP contribution is 2.23. The van der Waals surface area contributed by atoms with E-state index >= 15 is 0 Å². The van der Waals surface area contributed by atoms with Gasteiger partial charge in [0.1, 0.15) is 12.6 Å². The summed E-state index contributed by atoms with van der Waals surface area (Å²) in [7, 11) is 2.18. The normalized spacial score (nSPS) is 13.2. The van der Waals surface area contributed by atoms with E-state index in [-0.39, 0.29) is 11.9 Å². The zero-order chi connectivity index (χ0) is 47.4. The summed E-state index contributed by atoms with van der Waals surface area (Å²) in [5.41, 5.74) is 0. The van der Waals surface area contributed by atoms with Crippen LogP contribution >= 0.6 is 0 Å². The lowest BCUT2D eigenvalue weighted by Crippen LogP contribution is -2.44. The van der Waals surface area contributed by atoms with Gasteiger partial charge in [0.25, 0.3) is 0 Å². The van der Waals surface area contributed by atoms with Crippen LogP contribution in [0.3, 0.4) is 0 Å². The molecular weight excluding hydrogens is 797 g/mol. The van der Waals surface area contributed by atoms with Gasteiger partial charge in [-0.3, -0.25) is 4.79 Å². The van der Waals surface area contributed by atoms with Crippen LogP contribution < -0.4 is 0 Å². The minimum absolute atomic E-state index is 0.0429. The maximum Gasteiger partial charge on any atom is 0.308 e. The van der Waals surface area contributed by atoms with Gasteiger partial charge < -0.3 is 34.3 Å². The molecule has 0 amide bonds. The Bertz CT molecular complexity index is 857. The number of likely N-dealkylation sites (N-methyl/N-ethyl adjacent to an activating group) is 1. The molecule has 0 aromatic rings. The topological polar surface area (TPSA) is 107 Å². The van der Waals surface area contributed by atoms with E-state index in [1.54, 1.807) is 0 Å². The van der Waals surface area contributed by atoms with Crippen molar-refractivity contribution in [3.63, 3.8) is 0 Å². The summed E-state index contributed by atoms with van der Waals surface area (Å²) in [4.78, 5) is 38.7. The molecule has 0 aliphatic carbocycles. The first-order chi connectivity index (χ1) is 31.4. The first kappa shape index (κ1) is 64.7. The second kappa shape index (κ2) is 54.3. The average Bonchev–Trinajstić information content (AvgIpc) is 3.30. The number of ether oxygens (including phenoxy) is 1. The van der Waals surface area contributed by atoms with E-state index in [4.69, 9.17) is 14.9 Å².